The number of hydrogen-bond donors (Lipinski definition) is 1. The molecule has 3 aromatic heterocycles. The van der Waals surface area contributed by atoms with Crippen LogP contribution in [0.1, 0.15) is 12.8 Å². The number of benzene rings is 1. The number of halogens is 1. The van der Waals surface area contributed by atoms with Gasteiger partial charge in [-0.2, -0.15) is 0 Å². The number of imidazole rings is 1. The maximum absolute atomic E-state index is 13.5. The molecule has 3 saturated heterocycles. The zero-order chi connectivity index (χ0) is 20.1. The van der Waals surface area contributed by atoms with Gasteiger partial charge < -0.3 is 10.2 Å². The predicted molar refractivity (Wildman–Crippen MR) is 112 cm³/mol. The molecule has 0 aliphatic carbocycles. The van der Waals surface area contributed by atoms with Crippen LogP contribution in [0, 0.1) is 5.82 Å². The zero-order valence-electron chi connectivity index (χ0n) is 16.2. The van der Waals surface area contributed by atoms with Crippen molar-refractivity contribution in [3.05, 3.63) is 60.8 Å². The van der Waals surface area contributed by atoms with E-state index < -0.39 is 0 Å². The molecule has 1 aromatic carbocycles. The van der Waals surface area contributed by atoms with E-state index in [0.29, 0.717) is 23.7 Å². The fourth-order valence-electron chi connectivity index (χ4n) is 4.52. The normalized spacial score (nSPS) is 20.8. The first-order valence-electron chi connectivity index (χ1n) is 10.2. The van der Waals surface area contributed by atoms with E-state index in [4.69, 9.17) is 9.97 Å². The Labute approximate surface area is 172 Å². The number of pyridine rings is 1. The lowest BCUT2D eigenvalue weighted by molar-refractivity contribution is 0.289. The highest BCUT2D eigenvalue weighted by Gasteiger charge is 2.34. The van der Waals surface area contributed by atoms with E-state index in [-0.39, 0.29) is 5.82 Å². The maximum atomic E-state index is 13.5. The second-order valence-corrected chi connectivity index (χ2v) is 7.85. The average Bonchev–Trinajstić information content (AvgIpc) is 3.19. The summed E-state index contributed by atoms with van der Waals surface area (Å²) >= 11 is 0. The minimum atomic E-state index is -0.280. The van der Waals surface area contributed by atoms with Crippen LogP contribution in [0.4, 0.5) is 10.2 Å². The molecule has 7 nitrogen and oxygen atoms in total. The Kier molecular flexibility index (Phi) is 3.98. The van der Waals surface area contributed by atoms with Crippen LogP contribution in [0.5, 0.6) is 0 Å². The van der Waals surface area contributed by atoms with Crippen LogP contribution in [0.3, 0.4) is 0 Å². The molecule has 2 bridgehead atoms. The van der Waals surface area contributed by atoms with E-state index in [1.165, 1.54) is 31.3 Å². The van der Waals surface area contributed by atoms with Crippen LogP contribution < -0.4 is 10.2 Å². The molecule has 2 unspecified atom stereocenters. The molecule has 2 atom stereocenters. The molecule has 3 aliphatic heterocycles. The second kappa shape index (κ2) is 6.84. The van der Waals surface area contributed by atoms with Gasteiger partial charge in [-0.05, 0) is 55.3 Å². The lowest BCUT2D eigenvalue weighted by Crippen LogP contribution is -2.61. The summed E-state index contributed by atoms with van der Waals surface area (Å²) in [4.78, 5) is 20.7. The number of rotatable bonds is 3. The third-order valence-electron chi connectivity index (χ3n) is 6.03. The highest BCUT2D eigenvalue weighted by molar-refractivity contribution is 5.81. The molecular weight excluding hydrogens is 381 g/mol. The van der Waals surface area contributed by atoms with E-state index >= 15 is 0 Å². The second-order valence-electron chi connectivity index (χ2n) is 7.85. The SMILES string of the molecule is Fc1ccc(-c2nc3ccc(N4CC5CCC4CN5)nc3n2-c2ccncn2)cc1. The summed E-state index contributed by atoms with van der Waals surface area (Å²) in [5, 5.41) is 3.59. The topological polar surface area (TPSA) is 71.8 Å². The highest BCUT2D eigenvalue weighted by Crippen LogP contribution is 2.31. The van der Waals surface area contributed by atoms with Crippen molar-refractivity contribution in [2.24, 2.45) is 0 Å². The molecule has 7 rings (SSSR count). The molecule has 150 valence electrons. The molecule has 6 heterocycles. The number of nitrogens with one attached hydrogen (secondary N) is 1. The predicted octanol–water partition coefficient (Wildman–Crippen LogP) is 2.96. The molecule has 3 aliphatic rings. The summed E-state index contributed by atoms with van der Waals surface area (Å²) in [7, 11) is 0. The minimum absolute atomic E-state index is 0.280. The number of fused-ring (bicyclic) bond motifs is 4. The Balaban J connectivity index is 1.53. The van der Waals surface area contributed by atoms with Crippen molar-refractivity contribution in [1.29, 1.82) is 0 Å². The smallest absolute Gasteiger partial charge is 0.168 e. The van der Waals surface area contributed by atoms with Gasteiger partial charge in [-0.3, -0.25) is 4.57 Å². The maximum Gasteiger partial charge on any atom is 0.168 e. The summed E-state index contributed by atoms with van der Waals surface area (Å²) in [5.74, 6) is 2.03. The van der Waals surface area contributed by atoms with Crippen LogP contribution in [-0.2, 0) is 0 Å². The van der Waals surface area contributed by atoms with Crippen LogP contribution in [-0.4, -0.2) is 49.7 Å². The Hall–Kier alpha value is -3.39. The van der Waals surface area contributed by atoms with E-state index in [0.717, 1.165) is 35.6 Å². The molecule has 0 saturated carbocycles. The molecule has 1 N–H and O–H groups in total. The van der Waals surface area contributed by atoms with E-state index in [1.807, 2.05) is 16.7 Å². The van der Waals surface area contributed by atoms with Crippen molar-refractivity contribution >= 4 is 17.0 Å². The van der Waals surface area contributed by atoms with Gasteiger partial charge in [0, 0.05) is 36.9 Å². The van der Waals surface area contributed by atoms with Crippen LogP contribution in [0.15, 0.2) is 55.0 Å². The first-order valence-corrected chi connectivity index (χ1v) is 10.2. The molecule has 30 heavy (non-hydrogen) atoms. The largest absolute Gasteiger partial charge is 0.351 e. The lowest BCUT2D eigenvalue weighted by atomic mass is 9.93. The van der Waals surface area contributed by atoms with Crippen molar-refractivity contribution < 1.29 is 4.39 Å². The Morgan fingerprint density at radius 1 is 0.967 bits per heavy atom. The number of piperidine rings is 2. The molecule has 8 heteroatoms. The van der Waals surface area contributed by atoms with Gasteiger partial charge in [-0.1, -0.05) is 0 Å². The van der Waals surface area contributed by atoms with Crippen molar-refractivity contribution in [3.63, 3.8) is 0 Å². The molecule has 0 amide bonds. The van der Waals surface area contributed by atoms with Gasteiger partial charge in [0.25, 0.3) is 0 Å². The first kappa shape index (κ1) is 17.5. The number of piperazine rings is 1. The molecular formula is C22H20FN7. The van der Waals surface area contributed by atoms with E-state index in [9.17, 15) is 4.39 Å². The quantitative estimate of drug-likeness (QED) is 0.569. The highest BCUT2D eigenvalue weighted by atomic mass is 19.1. The van der Waals surface area contributed by atoms with Gasteiger partial charge >= 0.3 is 0 Å². The van der Waals surface area contributed by atoms with Gasteiger partial charge in [0.1, 0.15) is 35.1 Å². The summed E-state index contributed by atoms with van der Waals surface area (Å²) < 4.78 is 15.4. The van der Waals surface area contributed by atoms with Gasteiger partial charge in [0.2, 0.25) is 0 Å². The average molecular weight is 401 g/mol. The number of nitrogens with zero attached hydrogens (tertiary/aromatic N) is 6. The van der Waals surface area contributed by atoms with Crippen molar-refractivity contribution in [3.8, 4) is 17.2 Å². The van der Waals surface area contributed by atoms with Crippen LogP contribution >= 0.6 is 0 Å². The molecule has 4 aromatic rings. The number of anilines is 1. The summed E-state index contributed by atoms with van der Waals surface area (Å²) in [6, 6.07) is 13.2. The van der Waals surface area contributed by atoms with Gasteiger partial charge in [0.15, 0.2) is 5.65 Å². The zero-order valence-corrected chi connectivity index (χ0v) is 16.2. The third-order valence-corrected chi connectivity index (χ3v) is 6.03. The van der Waals surface area contributed by atoms with Crippen molar-refractivity contribution in [2.75, 3.05) is 18.0 Å². The van der Waals surface area contributed by atoms with Gasteiger partial charge in [0.05, 0.1) is 0 Å². The number of hydrogen-bond acceptors (Lipinski definition) is 6. The van der Waals surface area contributed by atoms with E-state index in [1.54, 1.807) is 18.3 Å². The fourth-order valence-corrected chi connectivity index (χ4v) is 4.52. The summed E-state index contributed by atoms with van der Waals surface area (Å²) in [5.41, 5.74) is 2.31. The van der Waals surface area contributed by atoms with Crippen LogP contribution in [0.25, 0.3) is 28.4 Å². The van der Waals surface area contributed by atoms with E-state index in [2.05, 4.69) is 26.3 Å². The molecule has 0 spiro atoms. The third kappa shape index (κ3) is 2.83. The monoisotopic (exact) mass is 401 g/mol. The molecule has 0 radical (unpaired) electrons. The van der Waals surface area contributed by atoms with Gasteiger partial charge in [-0.15, -0.1) is 0 Å². The lowest BCUT2D eigenvalue weighted by Gasteiger charge is -2.46. The molecule has 3 fully saturated rings. The summed E-state index contributed by atoms with van der Waals surface area (Å²) in [6.07, 6.45) is 5.61. The van der Waals surface area contributed by atoms with Crippen molar-refractivity contribution in [1.82, 2.24) is 29.8 Å². The Bertz CT molecular complexity index is 1200. The Morgan fingerprint density at radius 3 is 2.57 bits per heavy atom. The number of aromatic nitrogens is 5. The van der Waals surface area contributed by atoms with Crippen LogP contribution in [0.2, 0.25) is 0 Å². The Morgan fingerprint density at radius 2 is 1.87 bits per heavy atom. The van der Waals surface area contributed by atoms with Gasteiger partial charge in [-0.25, -0.2) is 24.3 Å². The summed E-state index contributed by atoms with van der Waals surface area (Å²) in [6.45, 7) is 1.96. The standard InChI is InChI=1S/C22H20FN7/c23-15-3-1-14(2-4-15)21-27-18-7-8-20(29-12-16-5-6-17(29)11-25-16)28-22(18)30(21)19-9-10-24-13-26-19/h1-4,7-10,13,16-17,25H,5-6,11-12H2. The fraction of sp³-hybridized carbons (Fsp3) is 0.273. The minimum Gasteiger partial charge on any atom is -0.351 e. The van der Waals surface area contributed by atoms with Crippen molar-refractivity contribution in [2.45, 2.75) is 24.9 Å². The first-order chi connectivity index (χ1) is 14.8.